The molecule has 1 amide bonds. The van der Waals surface area contributed by atoms with E-state index in [-0.39, 0.29) is 10.8 Å². The molecule has 10 heteroatoms. The Labute approximate surface area is 192 Å². The number of benzene rings is 2. The van der Waals surface area contributed by atoms with Crippen molar-refractivity contribution < 1.29 is 13.2 Å². The number of hydrogen-bond donors (Lipinski definition) is 1. The third-order valence-corrected chi connectivity index (χ3v) is 8.42. The minimum Gasteiger partial charge on any atom is -0.372 e. The summed E-state index contributed by atoms with van der Waals surface area (Å²) >= 11 is 0.977. The topological polar surface area (TPSA) is 95.5 Å². The Hall–Kier alpha value is -2.56. The van der Waals surface area contributed by atoms with E-state index in [1.807, 2.05) is 25.1 Å². The van der Waals surface area contributed by atoms with Crippen molar-refractivity contribution in [2.75, 3.05) is 29.9 Å². The first-order valence-electron chi connectivity index (χ1n) is 10.8. The van der Waals surface area contributed by atoms with Crippen LogP contribution in [-0.4, -0.2) is 53.1 Å². The van der Waals surface area contributed by atoms with E-state index >= 15 is 0 Å². The number of aromatic nitrogens is 2. The van der Waals surface area contributed by atoms with Crippen LogP contribution in [-0.2, 0) is 14.8 Å². The van der Waals surface area contributed by atoms with Gasteiger partial charge in [0, 0.05) is 31.0 Å². The van der Waals surface area contributed by atoms with Crippen molar-refractivity contribution in [2.24, 2.45) is 0 Å². The monoisotopic (exact) mass is 473 g/mol. The largest absolute Gasteiger partial charge is 0.372 e. The van der Waals surface area contributed by atoms with Crippen LogP contribution in [0.4, 0.5) is 11.4 Å². The molecule has 8 nitrogen and oxygen atoms in total. The molecule has 1 atom stereocenters. The molecule has 1 aromatic heterocycles. The average Bonchev–Trinajstić information content (AvgIpc) is 3.46. The van der Waals surface area contributed by atoms with Gasteiger partial charge in [0.2, 0.25) is 15.9 Å². The summed E-state index contributed by atoms with van der Waals surface area (Å²) in [5, 5.41) is 2.95. The number of amides is 1. The van der Waals surface area contributed by atoms with E-state index in [9.17, 15) is 13.2 Å². The molecule has 0 spiro atoms. The standard InChI is InChI=1S/C22H27N5O3S2/c1-4-26(5-2)16-11-12-17(15(3)14-16)23-22(28)19-9-7-13-27(19)32(29,30)20-10-6-8-18-21(20)25-31-24-18/h6,8,10-12,14,19H,4-5,7,9,13H2,1-3H3,(H,23,28). The van der Waals surface area contributed by atoms with Crippen molar-refractivity contribution >= 4 is 50.1 Å². The number of fused-ring (bicyclic) bond motifs is 1. The fourth-order valence-electron chi connectivity index (χ4n) is 4.20. The van der Waals surface area contributed by atoms with Crippen molar-refractivity contribution in [3.8, 4) is 0 Å². The number of hydrogen-bond acceptors (Lipinski definition) is 7. The van der Waals surface area contributed by atoms with Crippen LogP contribution < -0.4 is 10.2 Å². The van der Waals surface area contributed by atoms with E-state index in [0.717, 1.165) is 36.1 Å². The number of carbonyl (C=O) groups excluding carboxylic acids is 1. The fraction of sp³-hybridized carbons (Fsp3) is 0.409. The number of sulfonamides is 1. The second kappa shape index (κ2) is 9.13. The lowest BCUT2D eigenvalue weighted by Crippen LogP contribution is -2.43. The summed E-state index contributed by atoms with van der Waals surface area (Å²) in [6, 6.07) is 10.1. The van der Waals surface area contributed by atoms with Crippen LogP contribution in [0.1, 0.15) is 32.3 Å². The minimum atomic E-state index is -3.89. The van der Waals surface area contributed by atoms with Gasteiger partial charge in [-0.2, -0.15) is 13.1 Å². The zero-order valence-corrected chi connectivity index (χ0v) is 20.0. The Morgan fingerprint density at radius 2 is 2.00 bits per heavy atom. The maximum Gasteiger partial charge on any atom is 0.246 e. The molecule has 2 heterocycles. The predicted octanol–water partition coefficient (Wildman–Crippen LogP) is 3.64. The highest BCUT2D eigenvalue weighted by Crippen LogP contribution is 2.31. The van der Waals surface area contributed by atoms with Crippen LogP contribution >= 0.6 is 11.7 Å². The lowest BCUT2D eigenvalue weighted by Gasteiger charge is -2.25. The third kappa shape index (κ3) is 4.10. The van der Waals surface area contributed by atoms with E-state index < -0.39 is 16.1 Å². The molecule has 1 aliphatic rings. The van der Waals surface area contributed by atoms with E-state index in [2.05, 4.69) is 32.8 Å². The molecular formula is C22H27N5O3S2. The molecule has 0 bridgehead atoms. The second-order valence-corrected chi connectivity index (χ2v) is 10.2. The van der Waals surface area contributed by atoms with E-state index in [1.54, 1.807) is 12.1 Å². The molecule has 1 saturated heterocycles. The van der Waals surface area contributed by atoms with E-state index in [1.165, 1.54) is 10.4 Å². The van der Waals surface area contributed by atoms with Gasteiger partial charge in [0.25, 0.3) is 0 Å². The van der Waals surface area contributed by atoms with Crippen LogP contribution in [0.25, 0.3) is 11.0 Å². The number of rotatable bonds is 7. The number of carbonyl (C=O) groups is 1. The van der Waals surface area contributed by atoms with Crippen LogP contribution in [0.3, 0.4) is 0 Å². The normalized spacial score (nSPS) is 17.0. The number of anilines is 2. The van der Waals surface area contributed by atoms with Crippen LogP contribution in [0.15, 0.2) is 41.3 Å². The van der Waals surface area contributed by atoms with Crippen LogP contribution in [0, 0.1) is 6.92 Å². The highest BCUT2D eigenvalue weighted by atomic mass is 32.2. The lowest BCUT2D eigenvalue weighted by molar-refractivity contribution is -0.119. The van der Waals surface area contributed by atoms with Crippen molar-refractivity contribution in [2.45, 2.75) is 44.6 Å². The van der Waals surface area contributed by atoms with Crippen molar-refractivity contribution in [3.63, 3.8) is 0 Å². The van der Waals surface area contributed by atoms with Gasteiger partial charge in [0.05, 0.1) is 11.7 Å². The molecule has 32 heavy (non-hydrogen) atoms. The van der Waals surface area contributed by atoms with Crippen molar-refractivity contribution in [1.29, 1.82) is 0 Å². The van der Waals surface area contributed by atoms with Gasteiger partial charge in [0.15, 0.2) is 0 Å². The summed E-state index contributed by atoms with van der Waals surface area (Å²) in [5.41, 5.74) is 3.63. The smallest absolute Gasteiger partial charge is 0.246 e. The second-order valence-electron chi connectivity index (χ2n) is 7.82. The molecule has 170 valence electrons. The SMILES string of the molecule is CCN(CC)c1ccc(NC(=O)C2CCCN2S(=O)(=O)c2cccc3nsnc23)c(C)c1. The first kappa shape index (κ1) is 22.6. The molecule has 1 fully saturated rings. The summed E-state index contributed by atoms with van der Waals surface area (Å²) in [7, 11) is -3.89. The summed E-state index contributed by atoms with van der Waals surface area (Å²) < 4.78 is 36.5. The zero-order chi connectivity index (χ0) is 22.9. The van der Waals surface area contributed by atoms with E-state index in [0.29, 0.717) is 36.1 Å². The van der Waals surface area contributed by atoms with Gasteiger partial charge in [-0.15, -0.1) is 0 Å². The Morgan fingerprint density at radius 3 is 2.72 bits per heavy atom. The molecule has 0 saturated carbocycles. The Kier molecular flexibility index (Phi) is 6.45. The molecule has 1 aliphatic heterocycles. The molecule has 3 aromatic rings. The van der Waals surface area contributed by atoms with Gasteiger partial charge in [0.1, 0.15) is 22.0 Å². The zero-order valence-electron chi connectivity index (χ0n) is 18.4. The third-order valence-electron chi connectivity index (χ3n) is 5.94. The highest BCUT2D eigenvalue weighted by Gasteiger charge is 2.40. The molecular weight excluding hydrogens is 446 g/mol. The summed E-state index contributed by atoms with van der Waals surface area (Å²) in [6.45, 7) is 8.25. The summed E-state index contributed by atoms with van der Waals surface area (Å²) in [6.07, 6.45) is 1.11. The van der Waals surface area contributed by atoms with Gasteiger partial charge >= 0.3 is 0 Å². The maximum absolute atomic E-state index is 13.4. The van der Waals surface area contributed by atoms with Gasteiger partial charge in [-0.3, -0.25) is 4.79 Å². The predicted molar refractivity (Wildman–Crippen MR) is 128 cm³/mol. The molecule has 0 aliphatic carbocycles. The van der Waals surface area contributed by atoms with Crippen LogP contribution in [0.2, 0.25) is 0 Å². The average molecular weight is 474 g/mol. The summed E-state index contributed by atoms with van der Waals surface area (Å²) in [5.74, 6) is -0.312. The van der Waals surface area contributed by atoms with Crippen molar-refractivity contribution in [1.82, 2.24) is 13.1 Å². The quantitative estimate of drug-likeness (QED) is 0.563. The molecule has 0 radical (unpaired) electrons. The molecule has 4 rings (SSSR count). The number of nitrogens with zero attached hydrogens (tertiary/aromatic N) is 4. The van der Waals surface area contributed by atoms with Gasteiger partial charge < -0.3 is 10.2 Å². The first-order chi connectivity index (χ1) is 15.4. The first-order valence-corrected chi connectivity index (χ1v) is 12.9. The maximum atomic E-state index is 13.4. The molecule has 1 N–H and O–H groups in total. The van der Waals surface area contributed by atoms with Crippen LogP contribution in [0.5, 0.6) is 0 Å². The Bertz CT molecular complexity index is 1240. The number of aryl methyl sites for hydroxylation is 1. The van der Waals surface area contributed by atoms with Gasteiger partial charge in [-0.25, -0.2) is 8.42 Å². The van der Waals surface area contributed by atoms with Crippen molar-refractivity contribution in [3.05, 3.63) is 42.0 Å². The lowest BCUT2D eigenvalue weighted by atomic mass is 10.1. The molecule has 1 unspecified atom stereocenters. The Morgan fingerprint density at radius 1 is 1.22 bits per heavy atom. The van der Waals surface area contributed by atoms with E-state index in [4.69, 9.17) is 0 Å². The number of nitrogens with one attached hydrogen (secondary N) is 1. The fourth-order valence-corrected chi connectivity index (χ4v) is 6.61. The Balaban J connectivity index is 1.57. The highest BCUT2D eigenvalue weighted by molar-refractivity contribution is 7.89. The molecule has 2 aromatic carbocycles. The minimum absolute atomic E-state index is 0.100. The van der Waals surface area contributed by atoms with Gasteiger partial charge in [-0.1, -0.05) is 6.07 Å². The summed E-state index contributed by atoms with van der Waals surface area (Å²) in [4.78, 5) is 15.5. The van der Waals surface area contributed by atoms with Gasteiger partial charge in [-0.05, 0) is 69.5 Å².